The molecule has 0 aliphatic heterocycles. The summed E-state index contributed by atoms with van der Waals surface area (Å²) >= 11 is 0. The van der Waals surface area contributed by atoms with Crippen LogP contribution in [0.1, 0.15) is 51.0 Å². The van der Waals surface area contributed by atoms with Gasteiger partial charge in [0.05, 0.1) is 25.7 Å². The minimum absolute atomic E-state index is 0.00125. The van der Waals surface area contributed by atoms with E-state index in [4.69, 9.17) is 4.74 Å². The van der Waals surface area contributed by atoms with Gasteiger partial charge in [0, 0.05) is 12.5 Å². The van der Waals surface area contributed by atoms with Gasteiger partial charge in [0.1, 0.15) is 5.75 Å². The Kier molecular flexibility index (Phi) is 8.06. The van der Waals surface area contributed by atoms with Crippen molar-refractivity contribution < 1.29 is 14.3 Å². The zero-order valence-corrected chi connectivity index (χ0v) is 13.7. The molecular formula is C18H25NO3. The predicted octanol–water partition coefficient (Wildman–Crippen LogP) is 4.06. The predicted molar refractivity (Wildman–Crippen MR) is 85.6 cm³/mol. The van der Waals surface area contributed by atoms with E-state index in [2.05, 4.69) is 10.8 Å². The quantitative estimate of drug-likeness (QED) is 0.787. The molecule has 0 amide bonds. The molecular weight excluding hydrogens is 278 g/mol. The minimum Gasteiger partial charge on any atom is -0.496 e. The first-order valence-electron chi connectivity index (χ1n) is 7.79. The molecule has 0 aromatic heterocycles. The monoisotopic (exact) mass is 303 g/mol. The molecule has 1 atom stereocenters. The van der Waals surface area contributed by atoms with E-state index >= 15 is 0 Å². The van der Waals surface area contributed by atoms with Crippen LogP contribution in [0, 0.1) is 17.2 Å². The fourth-order valence-electron chi connectivity index (χ4n) is 2.85. The molecule has 120 valence electrons. The third kappa shape index (κ3) is 5.40. The zero-order valence-electron chi connectivity index (χ0n) is 13.7. The van der Waals surface area contributed by atoms with Crippen molar-refractivity contribution in [3.05, 3.63) is 29.8 Å². The van der Waals surface area contributed by atoms with Crippen molar-refractivity contribution in [1.82, 2.24) is 0 Å². The molecule has 4 nitrogen and oxygen atoms in total. The number of para-hydroxylation sites is 1. The lowest BCUT2D eigenvalue weighted by molar-refractivity contribution is -0.140. The number of hydrogen-bond donors (Lipinski definition) is 0. The highest BCUT2D eigenvalue weighted by molar-refractivity contribution is 5.65. The van der Waals surface area contributed by atoms with Gasteiger partial charge in [0.15, 0.2) is 0 Å². The van der Waals surface area contributed by atoms with E-state index in [1.54, 1.807) is 14.0 Å². The normalized spacial score (nSPS) is 15.2. The van der Waals surface area contributed by atoms with Gasteiger partial charge in [-0.05, 0) is 31.7 Å². The Hall–Kier alpha value is -2.02. The summed E-state index contributed by atoms with van der Waals surface area (Å²) in [5, 5.41) is 9.35. The van der Waals surface area contributed by atoms with Crippen LogP contribution >= 0.6 is 0 Å². The van der Waals surface area contributed by atoms with Crippen LogP contribution in [0.4, 0.5) is 0 Å². The van der Waals surface area contributed by atoms with E-state index in [1.165, 1.54) is 32.6 Å². The molecule has 0 bridgehead atoms. The van der Waals surface area contributed by atoms with Gasteiger partial charge in [0.25, 0.3) is 0 Å². The molecule has 0 heterocycles. The Bertz CT molecular complexity index is 501. The number of carbonyl (C=O) groups excluding carboxylic acids is 1. The number of carbonyl (C=O) groups is 1. The average Bonchev–Trinajstić information content (AvgIpc) is 3.03. The summed E-state index contributed by atoms with van der Waals surface area (Å²) in [7, 11) is 1.67. The molecule has 1 saturated carbocycles. The van der Waals surface area contributed by atoms with E-state index in [9.17, 15) is 10.1 Å². The number of esters is 1. The maximum Gasteiger partial charge on any atom is 0.302 e. The van der Waals surface area contributed by atoms with Crippen LogP contribution in [-0.2, 0) is 9.53 Å². The van der Waals surface area contributed by atoms with Crippen molar-refractivity contribution in [2.24, 2.45) is 5.92 Å². The number of nitrogens with zero attached hydrogens (tertiary/aromatic N) is 1. The average molecular weight is 303 g/mol. The maximum absolute atomic E-state index is 9.82. The van der Waals surface area contributed by atoms with Gasteiger partial charge >= 0.3 is 5.97 Å². The molecule has 4 heteroatoms. The van der Waals surface area contributed by atoms with Gasteiger partial charge in [-0.25, -0.2) is 0 Å². The molecule has 2 rings (SSSR count). The molecule has 1 unspecified atom stereocenters. The molecule has 1 aromatic carbocycles. The Morgan fingerprint density at radius 2 is 2.00 bits per heavy atom. The fraction of sp³-hybridized carbons (Fsp3) is 0.556. The zero-order chi connectivity index (χ0) is 16.4. The first-order chi connectivity index (χ1) is 10.6. The Morgan fingerprint density at radius 1 is 1.36 bits per heavy atom. The highest BCUT2D eigenvalue weighted by Crippen LogP contribution is 2.39. The Labute approximate surface area is 133 Å². The second kappa shape index (κ2) is 9.83. The third-order valence-corrected chi connectivity index (χ3v) is 3.83. The van der Waals surface area contributed by atoms with Crippen LogP contribution in [-0.4, -0.2) is 19.7 Å². The topological polar surface area (TPSA) is 59.3 Å². The smallest absolute Gasteiger partial charge is 0.302 e. The molecule has 1 aliphatic rings. The van der Waals surface area contributed by atoms with Crippen molar-refractivity contribution in [2.75, 3.05) is 13.7 Å². The lowest BCUT2D eigenvalue weighted by atomic mass is 9.85. The summed E-state index contributed by atoms with van der Waals surface area (Å²) in [6.45, 7) is 3.65. The summed E-state index contributed by atoms with van der Waals surface area (Å²) in [6.07, 6.45) is 4.88. The Balaban J connectivity index is 0.000000346. The van der Waals surface area contributed by atoms with E-state index in [0.29, 0.717) is 12.5 Å². The van der Waals surface area contributed by atoms with E-state index in [-0.39, 0.29) is 11.9 Å². The van der Waals surface area contributed by atoms with E-state index in [1.807, 2.05) is 24.3 Å². The molecule has 1 aliphatic carbocycles. The van der Waals surface area contributed by atoms with Crippen LogP contribution in [0.3, 0.4) is 0 Å². The molecule has 1 fully saturated rings. The molecule has 0 radical (unpaired) electrons. The molecule has 0 spiro atoms. The van der Waals surface area contributed by atoms with Crippen LogP contribution < -0.4 is 4.74 Å². The largest absolute Gasteiger partial charge is 0.496 e. The summed E-state index contributed by atoms with van der Waals surface area (Å²) in [4.78, 5) is 9.82. The van der Waals surface area contributed by atoms with Crippen molar-refractivity contribution in [1.29, 1.82) is 5.26 Å². The van der Waals surface area contributed by atoms with Gasteiger partial charge in [0.2, 0.25) is 0 Å². The maximum atomic E-state index is 9.82. The van der Waals surface area contributed by atoms with Crippen LogP contribution in [0.25, 0.3) is 0 Å². The van der Waals surface area contributed by atoms with Crippen molar-refractivity contribution in [3.63, 3.8) is 0 Å². The lowest BCUT2D eigenvalue weighted by Gasteiger charge is -2.18. The van der Waals surface area contributed by atoms with Gasteiger partial charge in [-0.1, -0.05) is 31.0 Å². The number of nitriles is 1. The van der Waals surface area contributed by atoms with Crippen molar-refractivity contribution in [3.8, 4) is 11.8 Å². The van der Waals surface area contributed by atoms with Crippen molar-refractivity contribution >= 4 is 5.97 Å². The number of hydrogen-bond acceptors (Lipinski definition) is 4. The standard InChI is InChI=1S/C14H17NO.C4H8O2/c1-16-14-9-5-4-8-12(14)13(10-15)11-6-2-3-7-11;1-3-6-4(2)5/h4-5,8-9,11,13H,2-3,6-7H2,1H3;3H2,1-2H3. The van der Waals surface area contributed by atoms with Gasteiger partial charge < -0.3 is 9.47 Å². The summed E-state index contributed by atoms with van der Waals surface area (Å²) < 4.78 is 9.74. The molecule has 1 aromatic rings. The van der Waals surface area contributed by atoms with E-state index in [0.717, 1.165) is 11.3 Å². The highest BCUT2D eigenvalue weighted by atomic mass is 16.5. The summed E-state index contributed by atoms with van der Waals surface area (Å²) in [6, 6.07) is 10.3. The van der Waals surface area contributed by atoms with Gasteiger partial charge in [-0.15, -0.1) is 0 Å². The third-order valence-electron chi connectivity index (χ3n) is 3.83. The van der Waals surface area contributed by atoms with Crippen molar-refractivity contribution in [2.45, 2.75) is 45.4 Å². The SMILES string of the molecule is CCOC(C)=O.COc1ccccc1C(C#N)C1CCCC1. The number of rotatable bonds is 4. The Morgan fingerprint density at radius 3 is 2.45 bits per heavy atom. The second-order valence-corrected chi connectivity index (χ2v) is 5.32. The van der Waals surface area contributed by atoms with Crippen LogP contribution in [0.5, 0.6) is 5.75 Å². The first-order valence-corrected chi connectivity index (χ1v) is 7.79. The molecule has 0 N–H and O–H groups in total. The summed E-state index contributed by atoms with van der Waals surface area (Å²) in [5.74, 6) is 1.15. The van der Waals surface area contributed by atoms with Gasteiger partial charge in [-0.3, -0.25) is 4.79 Å². The van der Waals surface area contributed by atoms with Gasteiger partial charge in [-0.2, -0.15) is 5.26 Å². The highest BCUT2D eigenvalue weighted by Gasteiger charge is 2.28. The summed E-state index contributed by atoms with van der Waals surface area (Å²) in [5.41, 5.74) is 1.06. The molecule has 0 saturated heterocycles. The minimum atomic E-state index is -0.211. The number of methoxy groups -OCH3 is 1. The van der Waals surface area contributed by atoms with Crippen LogP contribution in [0.15, 0.2) is 24.3 Å². The fourth-order valence-corrected chi connectivity index (χ4v) is 2.85. The molecule has 22 heavy (non-hydrogen) atoms. The number of benzene rings is 1. The number of ether oxygens (including phenoxy) is 2. The second-order valence-electron chi connectivity index (χ2n) is 5.32. The first kappa shape index (κ1) is 18.0. The van der Waals surface area contributed by atoms with E-state index < -0.39 is 0 Å². The lowest BCUT2D eigenvalue weighted by Crippen LogP contribution is -2.09. The van der Waals surface area contributed by atoms with Crippen LogP contribution in [0.2, 0.25) is 0 Å².